The molecule has 2 aromatic heterocycles. The summed E-state index contributed by atoms with van der Waals surface area (Å²) < 4.78 is 4.06. The van der Waals surface area contributed by atoms with E-state index >= 15 is 0 Å². The molecule has 0 bridgehead atoms. The third-order valence-electron chi connectivity index (χ3n) is 3.56. The lowest BCUT2D eigenvalue weighted by atomic mass is 10.2. The number of aryl methyl sites for hydroxylation is 1. The second-order valence-corrected chi connectivity index (χ2v) is 5.95. The Hall–Kier alpha value is -2.06. The smallest absolute Gasteiger partial charge is 0.322 e. The van der Waals surface area contributed by atoms with E-state index in [1.54, 1.807) is 0 Å². The van der Waals surface area contributed by atoms with Crippen LogP contribution in [0.2, 0.25) is 0 Å². The van der Waals surface area contributed by atoms with E-state index < -0.39 is 0 Å². The number of hydrogen-bond donors (Lipinski definition) is 1. The number of nitrogens with zero attached hydrogens (tertiary/aromatic N) is 5. The number of amides is 2. The molecule has 1 aliphatic heterocycles. The van der Waals surface area contributed by atoms with Crippen LogP contribution in [0.4, 0.5) is 9.93 Å². The maximum atomic E-state index is 12.2. The summed E-state index contributed by atoms with van der Waals surface area (Å²) in [5, 5.41) is 3.36. The molecule has 22 heavy (non-hydrogen) atoms. The molecule has 116 valence electrons. The fraction of sp³-hybridized carbons (Fsp3) is 0.429. The summed E-state index contributed by atoms with van der Waals surface area (Å²) in [6, 6.07) is 3.95. The summed E-state index contributed by atoms with van der Waals surface area (Å²) in [5.74, 6) is 0.683. The van der Waals surface area contributed by atoms with E-state index in [1.807, 2.05) is 36.4 Å². The molecule has 3 rings (SSSR count). The number of hydrogen-bond acceptors (Lipinski definition) is 6. The van der Waals surface area contributed by atoms with Crippen molar-refractivity contribution in [1.82, 2.24) is 24.1 Å². The van der Waals surface area contributed by atoms with Crippen LogP contribution in [-0.2, 0) is 6.54 Å². The highest BCUT2D eigenvalue weighted by Gasteiger charge is 2.21. The van der Waals surface area contributed by atoms with Crippen LogP contribution >= 0.6 is 11.5 Å². The van der Waals surface area contributed by atoms with Gasteiger partial charge in [-0.2, -0.15) is 4.37 Å². The zero-order valence-electron chi connectivity index (χ0n) is 12.4. The Bertz CT molecular complexity index is 623. The maximum absolute atomic E-state index is 12.2. The van der Waals surface area contributed by atoms with Gasteiger partial charge in [-0.05, 0) is 24.6 Å². The molecule has 0 atom stereocenters. The molecule has 3 heterocycles. The lowest BCUT2D eigenvalue weighted by Gasteiger charge is -2.34. The zero-order chi connectivity index (χ0) is 15.4. The minimum Gasteiger partial charge on any atom is -0.322 e. The number of aromatic nitrogens is 3. The molecule has 0 aromatic carbocycles. The van der Waals surface area contributed by atoms with Crippen LogP contribution in [0.15, 0.2) is 24.5 Å². The summed E-state index contributed by atoms with van der Waals surface area (Å²) >= 11 is 1.21. The number of carbonyl (C=O) groups excluding carboxylic acids is 1. The van der Waals surface area contributed by atoms with Gasteiger partial charge in [0.15, 0.2) is 0 Å². The largest absolute Gasteiger partial charge is 0.323 e. The van der Waals surface area contributed by atoms with Crippen LogP contribution in [-0.4, -0.2) is 56.4 Å². The van der Waals surface area contributed by atoms with E-state index in [4.69, 9.17) is 0 Å². The highest BCUT2D eigenvalue weighted by atomic mass is 32.1. The SMILES string of the molecule is Cc1nsc(NC(=O)N2CCN(Cc3ccncc3)CC2)n1. The molecule has 0 spiro atoms. The predicted octanol–water partition coefficient (Wildman–Crippen LogP) is 1.59. The van der Waals surface area contributed by atoms with E-state index in [9.17, 15) is 4.79 Å². The van der Waals surface area contributed by atoms with Gasteiger partial charge in [0.1, 0.15) is 5.82 Å². The number of pyridine rings is 1. The molecule has 2 aromatic rings. The van der Waals surface area contributed by atoms with Crippen molar-refractivity contribution in [2.24, 2.45) is 0 Å². The van der Waals surface area contributed by atoms with E-state index in [1.165, 1.54) is 17.1 Å². The quantitative estimate of drug-likeness (QED) is 0.930. The molecule has 0 saturated carbocycles. The summed E-state index contributed by atoms with van der Waals surface area (Å²) in [4.78, 5) is 24.5. The average Bonchev–Trinajstić information content (AvgIpc) is 2.94. The van der Waals surface area contributed by atoms with Gasteiger partial charge in [0.2, 0.25) is 5.13 Å². The third-order valence-corrected chi connectivity index (χ3v) is 4.28. The fourth-order valence-corrected chi connectivity index (χ4v) is 2.94. The minimum atomic E-state index is -0.0975. The van der Waals surface area contributed by atoms with E-state index in [2.05, 4.69) is 24.6 Å². The number of piperazine rings is 1. The Morgan fingerprint density at radius 3 is 2.64 bits per heavy atom. The topological polar surface area (TPSA) is 74.2 Å². The monoisotopic (exact) mass is 318 g/mol. The van der Waals surface area contributed by atoms with E-state index in [-0.39, 0.29) is 6.03 Å². The van der Waals surface area contributed by atoms with Crippen molar-refractivity contribution in [2.45, 2.75) is 13.5 Å². The number of rotatable bonds is 3. The number of nitrogens with one attached hydrogen (secondary N) is 1. The zero-order valence-corrected chi connectivity index (χ0v) is 13.2. The van der Waals surface area contributed by atoms with Crippen LogP contribution in [0.25, 0.3) is 0 Å². The van der Waals surface area contributed by atoms with Crippen LogP contribution < -0.4 is 5.32 Å². The van der Waals surface area contributed by atoms with Gasteiger partial charge in [0.25, 0.3) is 0 Å². The van der Waals surface area contributed by atoms with Gasteiger partial charge < -0.3 is 4.90 Å². The predicted molar refractivity (Wildman–Crippen MR) is 84.8 cm³/mol. The van der Waals surface area contributed by atoms with Crippen molar-refractivity contribution in [3.8, 4) is 0 Å². The Balaban J connectivity index is 1.48. The second-order valence-electron chi connectivity index (χ2n) is 5.20. The van der Waals surface area contributed by atoms with Gasteiger partial charge >= 0.3 is 6.03 Å². The Kier molecular flexibility index (Phi) is 4.59. The Morgan fingerprint density at radius 1 is 1.27 bits per heavy atom. The van der Waals surface area contributed by atoms with Crippen LogP contribution in [0.1, 0.15) is 11.4 Å². The third kappa shape index (κ3) is 3.77. The molecule has 7 nitrogen and oxygen atoms in total. The first kappa shape index (κ1) is 14.9. The molecule has 0 aliphatic carbocycles. The number of anilines is 1. The van der Waals surface area contributed by atoms with Gasteiger partial charge in [-0.15, -0.1) is 0 Å². The second kappa shape index (κ2) is 6.80. The minimum absolute atomic E-state index is 0.0975. The van der Waals surface area contributed by atoms with Gasteiger partial charge in [-0.3, -0.25) is 15.2 Å². The van der Waals surface area contributed by atoms with Gasteiger partial charge in [-0.1, -0.05) is 0 Å². The number of carbonyl (C=O) groups is 1. The first-order valence-electron chi connectivity index (χ1n) is 7.18. The first-order chi connectivity index (χ1) is 10.7. The van der Waals surface area contributed by atoms with Gasteiger partial charge in [0.05, 0.1) is 0 Å². The molecular weight excluding hydrogens is 300 g/mol. The standard InChI is InChI=1S/C14H18N6OS/c1-11-16-13(22-18-11)17-14(21)20-8-6-19(7-9-20)10-12-2-4-15-5-3-12/h2-5H,6-10H2,1H3,(H,16,17,18,21). The van der Waals surface area contributed by atoms with Crippen molar-refractivity contribution >= 4 is 22.7 Å². The normalized spacial score (nSPS) is 15.8. The summed E-state index contributed by atoms with van der Waals surface area (Å²) in [6.07, 6.45) is 3.62. The lowest BCUT2D eigenvalue weighted by Crippen LogP contribution is -2.49. The first-order valence-corrected chi connectivity index (χ1v) is 7.95. The Morgan fingerprint density at radius 2 is 2.00 bits per heavy atom. The highest BCUT2D eigenvalue weighted by molar-refractivity contribution is 7.09. The summed E-state index contributed by atoms with van der Waals surface area (Å²) in [5.41, 5.74) is 1.25. The lowest BCUT2D eigenvalue weighted by molar-refractivity contribution is 0.143. The van der Waals surface area contributed by atoms with Gasteiger partial charge in [-0.25, -0.2) is 9.78 Å². The molecule has 8 heteroatoms. The van der Waals surface area contributed by atoms with Gasteiger partial charge in [0, 0.05) is 56.6 Å². The van der Waals surface area contributed by atoms with Crippen molar-refractivity contribution in [3.63, 3.8) is 0 Å². The van der Waals surface area contributed by atoms with Crippen molar-refractivity contribution in [1.29, 1.82) is 0 Å². The van der Waals surface area contributed by atoms with Crippen LogP contribution in [0.5, 0.6) is 0 Å². The molecular formula is C14H18N6OS. The van der Waals surface area contributed by atoms with Crippen molar-refractivity contribution in [3.05, 3.63) is 35.9 Å². The summed E-state index contributed by atoms with van der Waals surface area (Å²) in [7, 11) is 0. The summed E-state index contributed by atoms with van der Waals surface area (Å²) in [6.45, 7) is 5.87. The maximum Gasteiger partial charge on any atom is 0.323 e. The molecule has 0 unspecified atom stereocenters. The number of urea groups is 1. The fourth-order valence-electron chi connectivity index (χ4n) is 2.37. The molecule has 1 N–H and O–H groups in total. The molecule has 0 radical (unpaired) electrons. The van der Waals surface area contributed by atoms with Crippen molar-refractivity contribution in [2.75, 3.05) is 31.5 Å². The van der Waals surface area contributed by atoms with Crippen LogP contribution in [0, 0.1) is 6.92 Å². The van der Waals surface area contributed by atoms with E-state index in [0.717, 1.165) is 19.6 Å². The Labute approximate surface area is 133 Å². The average molecular weight is 318 g/mol. The molecule has 1 aliphatic rings. The molecule has 1 saturated heterocycles. The van der Waals surface area contributed by atoms with Crippen molar-refractivity contribution < 1.29 is 4.79 Å². The molecule has 2 amide bonds. The van der Waals surface area contributed by atoms with E-state index in [0.29, 0.717) is 24.0 Å². The highest BCUT2D eigenvalue weighted by Crippen LogP contribution is 2.13. The van der Waals surface area contributed by atoms with Crippen LogP contribution in [0.3, 0.4) is 0 Å². The molecule has 1 fully saturated rings.